The summed E-state index contributed by atoms with van der Waals surface area (Å²) < 4.78 is 5.15. The van der Waals surface area contributed by atoms with Crippen molar-refractivity contribution in [2.45, 2.75) is 50.2 Å². The second-order valence-corrected chi connectivity index (χ2v) is 8.11. The van der Waals surface area contributed by atoms with Gasteiger partial charge in [0, 0.05) is 18.2 Å². The van der Waals surface area contributed by atoms with E-state index >= 15 is 0 Å². The Morgan fingerprint density at radius 3 is 2.78 bits per heavy atom. The number of aromatic nitrogens is 2. The van der Waals surface area contributed by atoms with Crippen molar-refractivity contribution in [1.82, 2.24) is 25.9 Å². The monoisotopic (exact) mass is 435 g/mol. The molecule has 8 nitrogen and oxygen atoms in total. The lowest BCUT2D eigenvalue weighted by atomic mass is 10.1. The van der Waals surface area contributed by atoms with Gasteiger partial charge in [-0.1, -0.05) is 30.3 Å². The van der Waals surface area contributed by atoms with Gasteiger partial charge in [0.2, 0.25) is 5.91 Å². The number of rotatable bonds is 12. The number of benzene rings is 1. The molecule has 3 aromatic rings. The molecule has 2 aromatic heterocycles. The van der Waals surface area contributed by atoms with Crippen LogP contribution in [0.1, 0.15) is 53.4 Å². The van der Waals surface area contributed by atoms with Gasteiger partial charge in [-0.25, -0.2) is 4.98 Å². The summed E-state index contributed by atoms with van der Waals surface area (Å²) in [6, 6.07) is 13.7. The molecule has 1 aliphatic carbocycles. The van der Waals surface area contributed by atoms with Gasteiger partial charge < -0.3 is 25.4 Å². The lowest BCUT2D eigenvalue weighted by molar-refractivity contribution is -0.123. The fourth-order valence-corrected chi connectivity index (χ4v) is 3.84. The number of H-pyrrole nitrogens is 1. The van der Waals surface area contributed by atoms with Crippen LogP contribution in [0, 0.1) is 0 Å². The van der Waals surface area contributed by atoms with Gasteiger partial charge in [0.25, 0.3) is 5.91 Å². The van der Waals surface area contributed by atoms with Crippen LogP contribution in [0.15, 0.2) is 65.7 Å². The molecule has 1 aromatic carbocycles. The van der Waals surface area contributed by atoms with Crippen LogP contribution in [-0.2, 0) is 11.3 Å². The van der Waals surface area contributed by atoms with Crippen LogP contribution in [0.4, 0.5) is 0 Å². The van der Waals surface area contributed by atoms with Gasteiger partial charge in [-0.3, -0.25) is 9.59 Å². The molecule has 32 heavy (non-hydrogen) atoms. The minimum atomic E-state index is -0.631. The predicted molar refractivity (Wildman–Crippen MR) is 120 cm³/mol. The highest BCUT2D eigenvalue weighted by atomic mass is 16.3. The minimum Gasteiger partial charge on any atom is -0.459 e. The minimum absolute atomic E-state index is 0.193. The number of furan rings is 1. The Morgan fingerprint density at radius 2 is 2.03 bits per heavy atom. The number of aromatic amines is 1. The van der Waals surface area contributed by atoms with Crippen molar-refractivity contribution in [3.63, 3.8) is 0 Å². The molecule has 3 unspecified atom stereocenters. The first-order chi connectivity index (χ1) is 15.7. The van der Waals surface area contributed by atoms with Crippen molar-refractivity contribution in [2.75, 3.05) is 6.54 Å². The van der Waals surface area contributed by atoms with Crippen molar-refractivity contribution in [1.29, 1.82) is 0 Å². The Morgan fingerprint density at radius 1 is 1.16 bits per heavy atom. The molecule has 0 aliphatic heterocycles. The van der Waals surface area contributed by atoms with Crippen LogP contribution in [0.3, 0.4) is 0 Å². The standard InChI is InChI=1S/C24H29N5O3/c30-23(27-15-18-14-25-16-28-18)20(29-24(31)22-10-6-12-32-22)9-4-5-11-26-21-13-19(21)17-7-2-1-3-8-17/h1-3,6-8,10,12,14,16,19-21,26H,4-5,9,11,13,15H2,(H,25,28)(H,27,30)(H,29,31). The van der Waals surface area contributed by atoms with Crippen LogP contribution in [0.2, 0.25) is 0 Å². The van der Waals surface area contributed by atoms with E-state index < -0.39 is 11.9 Å². The molecule has 2 heterocycles. The summed E-state index contributed by atoms with van der Waals surface area (Å²) in [4.78, 5) is 32.0. The zero-order valence-electron chi connectivity index (χ0n) is 17.9. The largest absolute Gasteiger partial charge is 0.459 e. The predicted octanol–water partition coefficient (Wildman–Crippen LogP) is 2.73. The maximum absolute atomic E-state index is 12.7. The van der Waals surface area contributed by atoms with Gasteiger partial charge in [0.15, 0.2) is 5.76 Å². The second kappa shape index (κ2) is 10.8. The first-order valence-corrected chi connectivity index (χ1v) is 11.1. The molecule has 0 spiro atoms. The molecule has 0 saturated heterocycles. The SMILES string of the molecule is O=C(NC(CCCCNC1CC1c1ccccc1)C(=O)NCc1cnc[nH]1)c1ccco1. The zero-order chi connectivity index (χ0) is 22.2. The van der Waals surface area contributed by atoms with Crippen LogP contribution < -0.4 is 16.0 Å². The van der Waals surface area contributed by atoms with Crippen molar-refractivity contribution < 1.29 is 14.0 Å². The number of carbonyl (C=O) groups excluding carboxylic acids is 2. The highest BCUT2D eigenvalue weighted by Crippen LogP contribution is 2.40. The number of amides is 2. The molecule has 0 bridgehead atoms. The summed E-state index contributed by atoms with van der Waals surface area (Å²) >= 11 is 0. The molecule has 0 radical (unpaired) electrons. The number of unbranched alkanes of at least 4 members (excludes halogenated alkanes) is 1. The van der Waals surface area contributed by atoms with Crippen LogP contribution in [0.5, 0.6) is 0 Å². The van der Waals surface area contributed by atoms with E-state index in [9.17, 15) is 9.59 Å². The van der Waals surface area contributed by atoms with E-state index in [4.69, 9.17) is 4.42 Å². The van der Waals surface area contributed by atoms with Crippen LogP contribution in [-0.4, -0.2) is 40.4 Å². The highest BCUT2D eigenvalue weighted by Gasteiger charge is 2.37. The molecule has 8 heteroatoms. The van der Waals surface area contributed by atoms with Gasteiger partial charge >= 0.3 is 0 Å². The first kappa shape index (κ1) is 21.8. The molecule has 1 aliphatic rings. The Hall–Kier alpha value is -3.39. The van der Waals surface area contributed by atoms with E-state index in [1.165, 1.54) is 18.2 Å². The summed E-state index contributed by atoms with van der Waals surface area (Å²) in [6.45, 7) is 1.22. The number of imidazole rings is 1. The molecule has 4 N–H and O–H groups in total. The van der Waals surface area contributed by atoms with E-state index in [2.05, 4.69) is 50.2 Å². The lowest BCUT2D eigenvalue weighted by Crippen LogP contribution is -2.46. The third kappa shape index (κ3) is 6.07. The van der Waals surface area contributed by atoms with E-state index in [0.29, 0.717) is 24.9 Å². The Labute approximate surface area is 187 Å². The van der Waals surface area contributed by atoms with E-state index in [1.807, 2.05) is 6.07 Å². The average Bonchev–Trinajstić information content (AvgIpc) is 3.20. The summed E-state index contributed by atoms with van der Waals surface area (Å²) in [5, 5.41) is 9.26. The van der Waals surface area contributed by atoms with Gasteiger partial charge in [-0.05, 0) is 49.9 Å². The number of nitrogens with one attached hydrogen (secondary N) is 4. The normalized spacial score (nSPS) is 18.1. The van der Waals surface area contributed by atoms with Gasteiger partial charge in [-0.2, -0.15) is 0 Å². The van der Waals surface area contributed by atoms with Crippen molar-refractivity contribution in [3.8, 4) is 0 Å². The topological polar surface area (TPSA) is 112 Å². The summed E-state index contributed by atoms with van der Waals surface area (Å²) in [5.41, 5.74) is 2.19. The third-order valence-electron chi connectivity index (χ3n) is 5.72. The molecule has 1 fully saturated rings. The van der Waals surface area contributed by atoms with Gasteiger partial charge in [0.05, 0.1) is 24.8 Å². The smallest absolute Gasteiger partial charge is 0.287 e. The van der Waals surface area contributed by atoms with Crippen LogP contribution >= 0.6 is 0 Å². The van der Waals surface area contributed by atoms with Gasteiger partial charge in [0.1, 0.15) is 6.04 Å². The Balaban J connectivity index is 1.21. The van der Waals surface area contributed by atoms with Crippen molar-refractivity contribution in [2.24, 2.45) is 0 Å². The molecule has 2 amide bonds. The molecule has 3 atom stereocenters. The number of hydrogen-bond donors (Lipinski definition) is 4. The fourth-order valence-electron chi connectivity index (χ4n) is 3.84. The number of carbonyl (C=O) groups is 2. The quantitative estimate of drug-likeness (QED) is 0.327. The van der Waals surface area contributed by atoms with E-state index in [0.717, 1.165) is 25.1 Å². The van der Waals surface area contributed by atoms with Gasteiger partial charge in [-0.15, -0.1) is 0 Å². The van der Waals surface area contributed by atoms with E-state index in [-0.39, 0.29) is 11.7 Å². The molecule has 168 valence electrons. The number of hydrogen-bond acceptors (Lipinski definition) is 5. The van der Waals surface area contributed by atoms with Crippen molar-refractivity contribution >= 4 is 11.8 Å². The van der Waals surface area contributed by atoms with Crippen molar-refractivity contribution in [3.05, 3.63) is 78.3 Å². The molecule has 4 rings (SSSR count). The fraction of sp³-hybridized carbons (Fsp3) is 0.375. The maximum Gasteiger partial charge on any atom is 0.287 e. The lowest BCUT2D eigenvalue weighted by Gasteiger charge is -2.18. The van der Waals surface area contributed by atoms with Crippen LogP contribution in [0.25, 0.3) is 0 Å². The Kier molecular flexibility index (Phi) is 7.34. The van der Waals surface area contributed by atoms with E-state index in [1.54, 1.807) is 24.7 Å². The number of nitrogens with zero attached hydrogens (tertiary/aromatic N) is 1. The Bertz CT molecular complexity index is 973. The molecular weight excluding hydrogens is 406 g/mol. The average molecular weight is 436 g/mol. The maximum atomic E-state index is 12.7. The first-order valence-electron chi connectivity index (χ1n) is 11.1. The highest BCUT2D eigenvalue weighted by molar-refractivity contribution is 5.95. The third-order valence-corrected chi connectivity index (χ3v) is 5.72. The summed E-state index contributed by atoms with van der Waals surface area (Å²) in [7, 11) is 0. The molecular formula is C24H29N5O3. The summed E-state index contributed by atoms with van der Waals surface area (Å²) in [6.07, 6.45) is 8.12. The zero-order valence-corrected chi connectivity index (χ0v) is 17.9. The second-order valence-electron chi connectivity index (χ2n) is 8.11. The summed E-state index contributed by atoms with van der Waals surface area (Å²) in [5.74, 6) is 0.181. The molecule has 1 saturated carbocycles.